The van der Waals surface area contributed by atoms with Crippen molar-refractivity contribution in [3.05, 3.63) is 52.0 Å². The molecular formula is C20H17Cl2F3N2O3. The number of hydrogen-bond donors (Lipinski definition) is 3. The lowest BCUT2D eigenvalue weighted by Gasteiger charge is -2.21. The number of benzene rings is 2. The molecule has 0 bridgehead atoms. The Hall–Kier alpha value is -2.45. The van der Waals surface area contributed by atoms with Crippen molar-refractivity contribution in [2.45, 2.75) is 37.5 Å². The summed E-state index contributed by atoms with van der Waals surface area (Å²) in [6, 6.07) is 9.23. The van der Waals surface area contributed by atoms with E-state index in [2.05, 4.69) is 5.32 Å². The van der Waals surface area contributed by atoms with Gasteiger partial charge in [-0.1, -0.05) is 47.5 Å². The molecule has 0 saturated heterocycles. The quantitative estimate of drug-likeness (QED) is 0.601. The van der Waals surface area contributed by atoms with Crippen molar-refractivity contribution in [1.29, 1.82) is 0 Å². The minimum Gasteiger partial charge on any atom is -0.506 e. The van der Waals surface area contributed by atoms with Crippen molar-refractivity contribution < 1.29 is 27.9 Å². The molecule has 0 aliphatic heterocycles. The fourth-order valence-electron chi connectivity index (χ4n) is 2.98. The van der Waals surface area contributed by atoms with E-state index in [9.17, 15) is 27.9 Å². The van der Waals surface area contributed by atoms with Crippen LogP contribution in [0.5, 0.6) is 5.75 Å². The smallest absolute Gasteiger partial charge is 0.471 e. The zero-order valence-electron chi connectivity index (χ0n) is 15.6. The van der Waals surface area contributed by atoms with E-state index in [0.717, 1.165) is 0 Å². The third kappa shape index (κ3) is 4.65. The maximum absolute atomic E-state index is 12.5. The molecular weight excluding hydrogens is 444 g/mol. The Morgan fingerprint density at radius 1 is 1.13 bits per heavy atom. The highest BCUT2D eigenvalue weighted by molar-refractivity contribution is 6.36. The standard InChI is InChI=1S/C20H17Cl2F3N2O3/c1-10(26-17(29)19(6-7-19)27-18(30)20(23,24)25)11-2-4-12(5-3-11)14-8-13(21)9-15(22)16(14)28/h2-5,8-10,28H,6-7H2,1H3,(H,26,29)(H,27,30)/t10-/m1/s1. The van der Waals surface area contributed by atoms with Crippen LogP contribution in [0.2, 0.25) is 10.0 Å². The molecule has 10 heteroatoms. The first-order valence-electron chi connectivity index (χ1n) is 8.91. The number of hydrogen-bond acceptors (Lipinski definition) is 3. The SMILES string of the molecule is C[C@@H](NC(=O)C1(NC(=O)C(F)(F)F)CC1)c1ccc(-c2cc(Cl)cc(Cl)c2O)cc1. The van der Waals surface area contributed by atoms with E-state index in [1.54, 1.807) is 42.6 Å². The van der Waals surface area contributed by atoms with Crippen LogP contribution in [-0.2, 0) is 9.59 Å². The summed E-state index contributed by atoms with van der Waals surface area (Å²) in [6.45, 7) is 1.67. The number of amides is 2. The lowest BCUT2D eigenvalue weighted by molar-refractivity contribution is -0.175. The van der Waals surface area contributed by atoms with Gasteiger partial charge in [0.25, 0.3) is 0 Å². The highest BCUT2D eigenvalue weighted by atomic mass is 35.5. The monoisotopic (exact) mass is 460 g/mol. The van der Waals surface area contributed by atoms with Gasteiger partial charge in [0.05, 0.1) is 11.1 Å². The molecule has 0 heterocycles. The summed E-state index contributed by atoms with van der Waals surface area (Å²) < 4.78 is 37.4. The van der Waals surface area contributed by atoms with Crippen LogP contribution in [0.25, 0.3) is 11.1 Å². The van der Waals surface area contributed by atoms with E-state index < -0.39 is 29.6 Å². The lowest BCUT2D eigenvalue weighted by Crippen LogP contribution is -2.52. The lowest BCUT2D eigenvalue weighted by atomic mass is 10.0. The Morgan fingerprint density at radius 2 is 1.73 bits per heavy atom. The van der Waals surface area contributed by atoms with Crippen molar-refractivity contribution in [2.24, 2.45) is 0 Å². The van der Waals surface area contributed by atoms with E-state index >= 15 is 0 Å². The van der Waals surface area contributed by atoms with Gasteiger partial charge in [0.2, 0.25) is 5.91 Å². The number of nitrogens with one attached hydrogen (secondary N) is 2. The van der Waals surface area contributed by atoms with Crippen molar-refractivity contribution in [3.63, 3.8) is 0 Å². The van der Waals surface area contributed by atoms with E-state index in [1.807, 2.05) is 0 Å². The molecule has 3 rings (SSSR count). The van der Waals surface area contributed by atoms with Gasteiger partial charge in [-0.25, -0.2) is 0 Å². The first-order valence-corrected chi connectivity index (χ1v) is 9.67. The molecule has 2 amide bonds. The normalized spacial score (nSPS) is 15.9. The minimum absolute atomic E-state index is 0.109. The molecule has 1 fully saturated rings. The van der Waals surface area contributed by atoms with Gasteiger partial charge in [-0.05, 0) is 43.0 Å². The van der Waals surface area contributed by atoms with Crippen LogP contribution in [0, 0.1) is 0 Å². The largest absolute Gasteiger partial charge is 0.506 e. The van der Waals surface area contributed by atoms with Crippen LogP contribution >= 0.6 is 23.2 Å². The van der Waals surface area contributed by atoms with Crippen molar-refractivity contribution >= 4 is 35.0 Å². The summed E-state index contributed by atoms with van der Waals surface area (Å²) in [4.78, 5) is 23.6. The summed E-state index contributed by atoms with van der Waals surface area (Å²) in [5.74, 6) is -2.92. The summed E-state index contributed by atoms with van der Waals surface area (Å²) >= 11 is 11.9. The topological polar surface area (TPSA) is 78.4 Å². The van der Waals surface area contributed by atoms with E-state index in [0.29, 0.717) is 21.7 Å². The van der Waals surface area contributed by atoms with Crippen molar-refractivity contribution in [1.82, 2.24) is 10.6 Å². The van der Waals surface area contributed by atoms with Crippen LogP contribution in [0.4, 0.5) is 13.2 Å². The zero-order chi connectivity index (χ0) is 22.3. The maximum atomic E-state index is 12.5. The first-order chi connectivity index (χ1) is 13.9. The van der Waals surface area contributed by atoms with Crippen LogP contribution in [0.1, 0.15) is 31.4 Å². The zero-order valence-corrected chi connectivity index (χ0v) is 17.1. The fraction of sp³-hybridized carbons (Fsp3) is 0.300. The van der Waals surface area contributed by atoms with E-state index in [1.165, 1.54) is 6.07 Å². The highest BCUT2D eigenvalue weighted by Gasteiger charge is 2.55. The number of phenolic OH excluding ortho intramolecular Hbond substituents is 1. The van der Waals surface area contributed by atoms with E-state index in [-0.39, 0.29) is 23.6 Å². The maximum Gasteiger partial charge on any atom is 0.471 e. The Bertz CT molecular complexity index is 990. The van der Waals surface area contributed by atoms with Crippen LogP contribution in [-0.4, -0.2) is 28.6 Å². The van der Waals surface area contributed by atoms with Gasteiger partial charge in [-0.3, -0.25) is 9.59 Å². The van der Waals surface area contributed by atoms with Gasteiger partial charge >= 0.3 is 12.1 Å². The predicted molar refractivity (Wildman–Crippen MR) is 106 cm³/mol. The van der Waals surface area contributed by atoms with Crippen LogP contribution in [0.15, 0.2) is 36.4 Å². The predicted octanol–water partition coefficient (Wildman–Crippen LogP) is 4.75. The number of phenols is 1. The molecule has 0 unspecified atom stereocenters. The molecule has 0 aromatic heterocycles. The molecule has 0 radical (unpaired) electrons. The molecule has 1 saturated carbocycles. The second-order valence-electron chi connectivity index (χ2n) is 7.13. The number of aromatic hydroxyl groups is 1. The second kappa shape index (κ2) is 8.00. The molecule has 160 valence electrons. The molecule has 5 nitrogen and oxygen atoms in total. The average molecular weight is 461 g/mol. The minimum atomic E-state index is -5.05. The molecule has 2 aromatic rings. The number of carbonyl (C=O) groups excluding carboxylic acids is 2. The molecule has 3 N–H and O–H groups in total. The first kappa shape index (κ1) is 22.2. The average Bonchev–Trinajstić information content (AvgIpc) is 3.45. The van der Waals surface area contributed by atoms with Crippen LogP contribution in [0.3, 0.4) is 0 Å². The number of alkyl halides is 3. The Kier molecular flexibility index (Phi) is 5.93. The van der Waals surface area contributed by atoms with Crippen molar-refractivity contribution in [3.8, 4) is 16.9 Å². The highest BCUT2D eigenvalue weighted by Crippen LogP contribution is 2.39. The third-order valence-electron chi connectivity index (χ3n) is 4.89. The van der Waals surface area contributed by atoms with Crippen LogP contribution < -0.4 is 10.6 Å². The second-order valence-corrected chi connectivity index (χ2v) is 7.98. The van der Waals surface area contributed by atoms with Crippen molar-refractivity contribution in [2.75, 3.05) is 0 Å². The van der Waals surface area contributed by atoms with Gasteiger partial charge in [0.1, 0.15) is 11.3 Å². The third-order valence-corrected chi connectivity index (χ3v) is 5.40. The molecule has 2 aromatic carbocycles. The fourth-order valence-corrected chi connectivity index (χ4v) is 3.47. The van der Waals surface area contributed by atoms with Gasteiger partial charge < -0.3 is 15.7 Å². The summed E-state index contributed by atoms with van der Waals surface area (Å²) in [6.07, 6.45) is -4.77. The molecule has 1 aliphatic carbocycles. The molecule has 30 heavy (non-hydrogen) atoms. The Morgan fingerprint density at radius 3 is 2.27 bits per heavy atom. The van der Waals surface area contributed by atoms with Gasteiger partial charge in [-0.15, -0.1) is 0 Å². The summed E-state index contributed by atoms with van der Waals surface area (Å²) in [7, 11) is 0. The van der Waals surface area contributed by atoms with E-state index in [4.69, 9.17) is 23.2 Å². The van der Waals surface area contributed by atoms with Gasteiger partial charge in [0, 0.05) is 10.6 Å². The number of rotatable bonds is 5. The summed E-state index contributed by atoms with van der Waals surface area (Å²) in [5, 5.41) is 15.0. The molecule has 1 aliphatic rings. The Labute approximate surface area is 180 Å². The Balaban J connectivity index is 1.70. The van der Waals surface area contributed by atoms with Gasteiger partial charge in [0.15, 0.2) is 0 Å². The number of halogens is 5. The number of carbonyl (C=O) groups is 2. The van der Waals surface area contributed by atoms with Gasteiger partial charge in [-0.2, -0.15) is 13.2 Å². The molecule has 0 spiro atoms. The summed E-state index contributed by atoms with van der Waals surface area (Å²) in [5.41, 5.74) is 0.222. The molecule has 1 atom stereocenters.